The van der Waals surface area contributed by atoms with Crippen LogP contribution in [-0.2, 0) is 19.5 Å². The van der Waals surface area contributed by atoms with Gasteiger partial charge >= 0.3 is 0 Å². The van der Waals surface area contributed by atoms with Gasteiger partial charge in [0.15, 0.2) is 17.5 Å². The largest absolute Gasteiger partial charge is 0.493 e. The molecule has 2 N–H and O–H groups in total. The number of hydrogen-bond acceptors (Lipinski definition) is 4. The van der Waals surface area contributed by atoms with Crippen LogP contribution in [0, 0.1) is 0 Å². The van der Waals surface area contributed by atoms with Crippen molar-refractivity contribution in [3.8, 4) is 11.5 Å². The minimum absolute atomic E-state index is 0.688. The molecule has 3 aromatic rings. The van der Waals surface area contributed by atoms with E-state index in [1.165, 1.54) is 16.7 Å². The third-order valence-electron chi connectivity index (χ3n) is 4.83. The molecular formula is C23H29N5O2. The summed E-state index contributed by atoms with van der Waals surface area (Å²) in [5.41, 5.74) is 3.62. The SMILES string of the molecule is CN=C(NCCc1ccc(OC)c(OC)c1)NCc1ccccc1Cn1cccn1. The summed E-state index contributed by atoms with van der Waals surface area (Å²) in [6.07, 6.45) is 4.61. The lowest BCUT2D eigenvalue weighted by Gasteiger charge is -2.15. The third kappa shape index (κ3) is 5.76. The lowest BCUT2D eigenvalue weighted by molar-refractivity contribution is 0.354. The van der Waals surface area contributed by atoms with Crippen molar-refractivity contribution in [2.75, 3.05) is 27.8 Å². The van der Waals surface area contributed by atoms with E-state index >= 15 is 0 Å². The number of benzene rings is 2. The fraction of sp³-hybridized carbons (Fsp3) is 0.304. The fourth-order valence-corrected chi connectivity index (χ4v) is 3.21. The number of aliphatic imine (C=N–C) groups is 1. The zero-order chi connectivity index (χ0) is 21.2. The summed E-state index contributed by atoms with van der Waals surface area (Å²) in [4.78, 5) is 4.33. The Labute approximate surface area is 177 Å². The van der Waals surface area contributed by atoms with Crippen LogP contribution in [-0.4, -0.2) is 43.6 Å². The van der Waals surface area contributed by atoms with Gasteiger partial charge in [0.2, 0.25) is 0 Å². The molecule has 2 aromatic carbocycles. The van der Waals surface area contributed by atoms with E-state index in [0.29, 0.717) is 6.54 Å². The molecule has 158 valence electrons. The Balaban J connectivity index is 1.52. The number of hydrogen-bond donors (Lipinski definition) is 2. The molecule has 30 heavy (non-hydrogen) atoms. The Morgan fingerprint density at radius 1 is 1.00 bits per heavy atom. The molecule has 0 fully saturated rings. The molecule has 0 saturated heterocycles. The van der Waals surface area contributed by atoms with Crippen LogP contribution in [0.4, 0.5) is 0 Å². The molecule has 0 radical (unpaired) electrons. The van der Waals surface area contributed by atoms with Crippen molar-refractivity contribution in [3.05, 3.63) is 77.6 Å². The van der Waals surface area contributed by atoms with Crippen molar-refractivity contribution < 1.29 is 9.47 Å². The fourth-order valence-electron chi connectivity index (χ4n) is 3.21. The molecule has 0 aliphatic carbocycles. The van der Waals surface area contributed by atoms with E-state index in [1.54, 1.807) is 27.5 Å². The Morgan fingerprint density at radius 3 is 2.50 bits per heavy atom. The predicted octanol–water partition coefficient (Wildman–Crippen LogP) is 2.86. The molecule has 0 aliphatic rings. The van der Waals surface area contributed by atoms with E-state index < -0.39 is 0 Å². The summed E-state index contributed by atoms with van der Waals surface area (Å²) in [5, 5.41) is 11.1. The second kappa shape index (κ2) is 10.9. The Morgan fingerprint density at radius 2 is 1.80 bits per heavy atom. The van der Waals surface area contributed by atoms with Gasteiger partial charge in [0.1, 0.15) is 0 Å². The van der Waals surface area contributed by atoms with Gasteiger partial charge in [-0.1, -0.05) is 30.3 Å². The first-order chi connectivity index (χ1) is 14.7. The van der Waals surface area contributed by atoms with Crippen LogP contribution >= 0.6 is 0 Å². The molecule has 1 aromatic heterocycles. The number of nitrogens with zero attached hydrogens (tertiary/aromatic N) is 3. The Hall–Kier alpha value is -3.48. The van der Waals surface area contributed by atoms with Crippen molar-refractivity contribution in [2.24, 2.45) is 4.99 Å². The van der Waals surface area contributed by atoms with Crippen molar-refractivity contribution in [2.45, 2.75) is 19.5 Å². The Bertz CT molecular complexity index is 954. The van der Waals surface area contributed by atoms with Crippen LogP contribution in [0.5, 0.6) is 11.5 Å². The molecule has 0 atom stereocenters. The molecular weight excluding hydrogens is 378 g/mol. The highest BCUT2D eigenvalue weighted by Crippen LogP contribution is 2.27. The second-order valence-corrected chi connectivity index (χ2v) is 6.76. The zero-order valence-electron chi connectivity index (χ0n) is 17.8. The van der Waals surface area contributed by atoms with Crippen LogP contribution in [0.15, 0.2) is 65.9 Å². The maximum absolute atomic E-state index is 5.37. The van der Waals surface area contributed by atoms with Gasteiger partial charge in [-0.05, 0) is 41.3 Å². The van der Waals surface area contributed by atoms with E-state index in [0.717, 1.165) is 37.0 Å². The van der Waals surface area contributed by atoms with Crippen LogP contribution < -0.4 is 20.1 Å². The van der Waals surface area contributed by atoms with E-state index in [2.05, 4.69) is 45.0 Å². The summed E-state index contributed by atoms with van der Waals surface area (Å²) in [6.45, 7) is 2.19. The highest BCUT2D eigenvalue weighted by Gasteiger charge is 2.06. The summed E-state index contributed by atoms with van der Waals surface area (Å²) in [6, 6.07) is 16.3. The minimum atomic E-state index is 0.688. The molecule has 1 heterocycles. The van der Waals surface area contributed by atoms with E-state index in [1.807, 2.05) is 35.1 Å². The van der Waals surface area contributed by atoms with Gasteiger partial charge in [-0.25, -0.2) is 0 Å². The van der Waals surface area contributed by atoms with Crippen LogP contribution in [0.3, 0.4) is 0 Å². The van der Waals surface area contributed by atoms with Crippen molar-refractivity contribution in [1.82, 2.24) is 20.4 Å². The lowest BCUT2D eigenvalue weighted by atomic mass is 10.1. The van der Waals surface area contributed by atoms with Crippen molar-refractivity contribution in [1.29, 1.82) is 0 Å². The summed E-state index contributed by atoms with van der Waals surface area (Å²) < 4.78 is 12.6. The monoisotopic (exact) mass is 407 g/mol. The number of guanidine groups is 1. The van der Waals surface area contributed by atoms with E-state index in [4.69, 9.17) is 9.47 Å². The molecule has 3 rings (SSSR count). The van der Waals surface area contributed by atoms with Gasteiger partial charge in [-0.3, -0.25) is 9.67 Å². The first kappa shape index (κ1) is 21.2. The van der Waals surface area contributed by atoms with Crippen LogP contribution in [0.1, 0.15) is 16.7 Å². The zero-order valence-corrected chi connectivity index (χ0v) is 17.8. The molecule has 0 spiro atoms. The van der Waals surface area contributed by atoms with Crippen molar-refractivity contribution >= 4 is 5.96 Å². The molecule has 0 bridgehead atoms. The van der Waals surface area contributed by atoms with E-state index in [9.17, 15) is 0 Å². The molecule has 7 heteroatoms. The first-order valence-corrected chi connectivity index (χ1v) is 9.93. The maximum Gasteiger partial charge on any atom is 0.191 e. The third-order valence-corrected chi connectivity index (χ3v) is 4.83. The van der Waals surface area contributed by atoms with Gasteiger partial charge < -0.3 is 20.1 Å². The molecule has 0 amide bonds. The minimum Gasteiger partial charge on any atom is -0.493 e. The number of methoxy groups -OCH3 is 2. The number of aromatic nitrogens is 2. The van der Waals surface area contributed by atoms with Crippen LogP contribution in [0.2, 0.25) is 0 Å². The number of rotatable bonds is 9. The second-order valence-electron chi connectivity index (χ2n) is 6.76. The van der Waals surface area contributed by atoms with Gasteiger partial charge in [0.05, 0.1) is 20.8 Å². The van der Waals surface area contributed by atoms with Gasteiger partial charge in [-0.2, -0.15) is 5.10 Å². The summed E-state index contributed by atoms with van der Waals surface area (Å²) in [5.74, 6) is 2.25. The van der Waals surface area contributed by atoms with Gasteiger partial charge in [-0.15, -0.1) is 0 Å². The normalized spacial score (nSPS) is 11.2. The molecule has 7 nitrogen and oxygen atoms in total. The molecule has 0 aliphatic heterocycles. The van der Waals surface area contributed by atoms with Gasteiger partial charge in [0.25, 0.3) is 0 Å². The first-order valence-electron chi connectivity index (χ1n) is 9.93. The molecule has 0 unspecified atom stereocenters. The van der Waals surface area contributed by atoms with Crippen LogP contribution in [0.25, 0.3) is 0 Å². The average Bonchev–Trinajstić information content (AvgIpc) is 3.30. The average molecular weight is 408 g/mol. The Kier molecular flexibility index (Phi) is 7.71. The number of ether oxygens (including phenoxy) is 2. The standard InChI is InChI=1S/C23H29N5O2/c1-24-23(25-13-11-18-9-10-21(29-2)22(15-18)30-3)26-16-19-7-4-5-8-20(19)17-28-14-6-12-27-28/h4-10,12,14-15H,11,13,16-17H2,1-3H3,(H2,24,25,26). The highest BCUT2D eigenvalue weighted by molar-refractivity contribution is 5.79. The molecule has 0 saturated carbocycles. The van der Waals surface area contributed by atoms with Gasteiger partial charge in [0, 0.05) is 32.5 Å². The quantitative estimate of drug-likeness (QED) is 0.422. The van der Waals surface area contributed by atoms with E-state index in [-0.39, 0.29) is 0 Å². The highest BCUT2D eigenvalue weighted by atomic mass is 16.5. The number of nitrogens with one attached hydrogen (secondary N) is 2. The summed E-state index contributed by atoms with van der Waals surface area (Å²) >= 11 is 0. The van der Waals surface area contributed by atoms with Crippen molar-refractivity contribution in [3.63, 3.8) is 0 Å². The smallest absolute Gasteiger partial charge is 0.191 e. The maximum atomic E-state index is 5.37. The predicted molar refractivity (Wildman–Crippen MR) is 119 cm³/mol. The lowest BCUT2D eigenvalue weighted by Crippen LogP contribution is -2.38. The summed E-state index contributed by atoms with van der Waals surface area (Å²) in [7, 11) is 5.07. The topological polar surface area (TPSA) is 72.7 Å².